The van der Waals surface area contributed by atoms with E-state index < -0.39 is 20.0 Å². The molecule has 0 aliphatic rings. The third-order valence-corrected chi connectivity index (χ3v) is 7.79. The van der Waals surface area contributed by atoms with Gasteiger partial charge in [0.1, 0.15) is 0 Å². The molecule has 3 unspecified atom stereocenters. The molecule has 0 spiro atoms. The summed E-state index contributed by atoms with van der Waals surface area (Å²) in [6, 6.07) is -0.775. The molecule has 40 heavy (non-hydrogen) atoms. The highest BCUT2D eigenvalue weighted by Gasteiger charge is 2.27. The van der Waals surface area contributed by atoms with Crippen molar-refractivity contribution in [2.45, 2.75) is 148 Å². The summed E-state index contributed by atoms with van der Waals surface area (Å²) in [5.74, 6) is -0.183. The molecule has 0 radical (unpaired) electrons. The van der Waals surface area contributed by atoms with E-state index in [0.29, 0.717) is 12.8 Å². The van der Waals surface area contributed by atoms with E-state index in [2.05, 4.69) is 43.5 Å². The van der Waals surface area contributed by atoms with Crippen LogP contribution in [0.15, 0.2) is 24.3 Å². The number of amides is 1. The Kier molecular flexibility index (Phi) is 27.4. The molecule has 0 aromatic carbocycles. The van der Waals surface area contributed by atoms with Crippen LogP contribution >= 0.6 is 7.82 Å². The lowest BCUT2D eigenvalue weighted by atomic mass is 10.0. The maximum Gasteiger partial charge on any atom is 0.472 e. The quantitative estimate of drug-likeness (QED) is 0.0404. The van der Waals surface area contributed by atoms with Gasteiger partial charge in [0, 0.05) is 13.0 Å². The van der Waals surface area contributed by atoms with Crippen molar-refractivity contribution in [3.8, 4) is 0 Å². The average Bonchev–Trinajstić information content (AvgIpc) is 2.93. The summed E-state index contributed by atoms with van der Waals surface area (Å²) >= 11 is 0. The Morgan fingerprint density at radius 2 is 1.40 bits per heavy atom. The van der Waals surface area contributed by atoms with Gasteiger partial charge in [0.25, 0.3) is 0 Å². The third kappa shape index (κ3) is 25.9. The van der Waals surface area contributed by atoms with Crippen LogP contribution in [0.2, 0.25) is 0 Å². The number of hydrogen-bond donors (Lipinski definition) is 4. The summed E-state index contributed by atoms with van der Waals surface area (Å²) in [6.45, 7) is 4.07. The van der Waals surface area contributed by atoms with E-state index in [1.165, 1.54) is 44.9 Å². The minimum absolute atomic E-state index is 0.0858. The molecule has 0 bridgehead atoms. The van der Waals surface area contributed by atoms with Gasteiger partial charge >= 0.3 is 7.82 Å². The van der Waals surface area contributed by atoms with Gasteiger partial charge in [-0.25, -0.2) is 4.57 Å². The Hall–Kier alpha value is -1.02. The van der Waals surface area contributed by atoms with Gasteiger partial charge in [-0.3, -0.25) is 13.8 Å². The summed E-state index contributed by atoms with van der Waals surface area (Å²) < 4.78 is 21.9. The molecule has 0 saturated heterocycles. The topological polar surface area (TPSA) is 131 Å². The molecule has 0 saturated carbocycles. The molecule has 0 aliphatic carbocycles. The first-order valence-electron chi connectivity index (χ1n) is 16.0. The number of allylic oxidation sites excluding steroid dienone is 4. The number of aliphatic hydroxyl groups is 1. The number of nitrogens with two attached hydrogens (primary N) is 1. The zero-order valence-electron chi connectivity index (χ0n) is 25.6. The molecule has 0 aliphatic heterocycles. The normalized spacial score (nSPS) is 15.0. The molecule has 5 N–H and O–H groups in total. The minimum Gasteiger partial charge on any atom is -0.391 e. The van der Waals surface area contributed by atoms with Gasteiger partial charge in [0.15, 0.2) is 0 Å². The molecule has 0 fully saturated rings. The van der Waals surface area contributed by atoms with E-state index in [1.54, 1.807) is 0 Å². The Balaban J connectivity index is 4.32. The van der Waals surface area contributed by atoms with Crippen molar-refractivity contribution in [3.05, 3.63) is 24.3 Å². The maximum absolute atomic E-state index is 12.6. The van der Waals surface area contributed by atoms with Crippen LogP contribution in [-0.4, -0.2) is 47.8 Å². The number of phosphoric acid groups is 1. The van der Waals surface area contributed by atoms with Crippen molar-refractivity contribution >= 4 is 13.7 Å². The van der Waals surface area contributed by atoms with E-state index in [1.807, 2.05) is 0 Å². The van der Waals surface area contributed by atoms with Crippen molar-refractivity contribution in [2.75, 3.05) is 19.8 Å². The van der Waals surface area contributed by atoms with Crippen LogP contribution in [0.4, 0.5) is 0 Å². The van der Waals surface area contributed by atoms with Gasteiger partial charge < -0.3 is 21.1 Å². The van der Waals surface area contributed by atoms with E-state index in [9.17, 15) is 19.4 Å². The Morgan fingerprint density at radius 1 is 0.825 bits per heavy atom. The van der Waals surface area contributed by atoms with Gasteiger partial charge in [-0.1, -0.05) is 115 Å². The third-order valence-electron chi connectivity index (χ3n) is 6.81. The van der Waals surface area contributed by atoms with E-state index in [4.69, 9.17) is 14.8 Å². The number of aliphatic hydroxyl groups excluding tert-OH is 1. The summed E-state index contributed by atoms with van der Waals surface area (Å²) in [5, 5.41) is 13.5. The number of hydrogen-bond acceptors (Lipinski definition) is 6. The molecule has 0 heterocycles. The van der Waals surface area contributed by atoms with Crippen molar-refractivity contribution in [3.63, 3.8) is 0 Å². The van der Waals surface area contributed by atoms with Gasteiger partial charge in [-0.2, -0.15) is 0 Å². The monoisotopic (exact) mass is 588 g/mol. The van der Waals surface area contributed by atoms with Crippen LogP contribution in [0.3, 0.4) is 0 Å². The van der Waals surface area contributed by atoms with Gasteiger partial charge in [0.05, 0.1) is 25.4 Å². The first-order chi connectivity index (χ1) is 19.4. The van der Waals surface area contributed by atoms with Gasteiger partial charge in [0.2, 0.25) is 5.91 Å². The lowest BCUT2D eigenvalue weighted by molar-refractivity contribution is -0.123. The second-order valence-electron chi connectivity index (χ2n) is 10.7. The highest BCUT2D eigenvalue weighted by Crippen LogP contribution is 2.43. The molecular weight excluding hydrogens is 527 g/mol. The van der Waals surface area contributed by atoms with Crippen LogP contribution in [0, 0.1) is 0 Å². The van der Waals surface area contributed by atoms with E-state index >= 15 is 0 Å². The van der Waals surface area contributed by atoms with Crippen molar-refractivity contribution < 1.29 is 28.4 Å². The van der Waals surface area contributed by atoms with Gasteiger partial charge in [-0.15, -0.1) is 0 Å². The predicted octanol–water partition coefficient (Wildman–Crippen LogP) is 7.49. The molecule has 0 aromatic rings. The zero-order chi connectivity index (χ0) is 29.7. The summed E-state index contributed by atoms with van der Waals surface area (Å²) in [6.07, 6.45) is 27.7. The first-order valence-corrected chi connectivity index (χ1v) is 17.4. The minimum atomic E-state index is -4.30. The second kappa shape index (κ2) is 28.1. The number of unbranched alkanes of at least 4 members (excludes halogenated alkanes) is 13. The van der Waals surface area contributed by atoms with Crippen LogP contribution in [0.5, 0.6) is 0 Å². The fourth-order valence-corrected chi connectivity index (χ4v) is 5.09. The summed E-state index contributed by atoms with van der Waals surface area (Å²) in [4.78, 5) is 22.4. The lowest BCUT2D eigenvalue weighted by Gasteiger charge is -2.25. The summed E-state index contributed by atoms with van der Waals surface area (Å²) in [5.41, 5.74) is 5.32. The average molecular weight is 589 g/mol. The zero-order valence-corrected chi connectivity index (χ0v) is 26.5. The molecular formula is C31H61N2O6P. The van der Waals surface area contributed by atoms with Crippen molar-refractivity contribution in [1.82, 2.24) is 5.32 Å². The SMILES string of the molecule is CCCC/C=C\C/C=C\CCCCCCCC(=O)NC(COP(=O)(O)OCCN)C(O)CCCCCCCCC. The number of phosphoric ester groups is 1. The highest BCUT2D eigenvalue weighted by molar-refractivity contribution is 7.47. The Morgan fingerprint density at radius 3 is 2.05 bits per heavy atom. The van der Waals surface area contributed by atoms with Crippen LogP contribution < -0.4 is 11.1 Å². The number of nitrogens with one attached hydrogen (secondary N) is 1. The van der Waals surface area contributed by atoms with Crippen molar-refractivity contribution in [1.29, 1.82) is 0 Å². The molecule has 8 nitrogen and oxygen atoms in total. The standard InChI is InChI=1S/C31H61N2O6P/c1-3-5-7-9-11-12-13-14-15-16-17-19-21-23-25-31(35)33-29(28-39-40(36,37)38-27-26-32)30(34)24-22-20-18-10-8-6-4-2/h9,11,13-14,29-30,34H,3-8,10,12,15-28,32H2,1-2H3,(H,33,35)(H,36,37)/b11-9-,14-13-. The molecule has 9 heteroatoms. The number of carbonyl (C=O) groups is 1. The number of carbonyl (C=O) groups excluding carboxylic acids is 1. The van der Waals surface area contributed by atoms with Gasteiger partial charge in [-0.05, 0) is 38.5 Å². The number of rotatable bonds is 29. The summed E-state index contributed by atoms with van der Waals surface area (Å²) in [7, 11) is -4.30. The fourth-order valence-electron chi connectivity index (χ4n) is 4.33. The van der Waals surface area contributed by atoms with Crippen molar-refractivity contribution in [2.24, 2.45) is 5.73 Å². The largest absolute Gasteiger partial charge is 0.472 e. The predicted molar refractivity (Wildman–Crippen MR) is 166 cm³/mol. The van der Waals surface area contributed by atoms with Crippen LogP contribution in [0.25, 0.3) is 0 Å². The highest BCUT2D eigenvalue weighted by atomic mass is 31.2. The lowest BCUT2D eigenvalue weighted by Crippen LogP contribution is -2.46. The van der Waals surface area contributed by atoms with Crippen LogP contribution in [-0.2, 0) is 18.4 Å². The fraction of sp³-hybridized carbons (Fsp3) is 0.839. The second-order valence-corrected chi connectivity index (χ2v) is 12.1. The Bertz CT molecular complexity index is 689. The molecule has 0 aromatic heterocycles. The molecule has 236 valence electrons. The molecule has 3 atom stereocenters. The maximum atomic E-state index is 12.6. The Labute approximate surface area is 245 Å². The van der Waals surface area contributed by atoms with E-state index in [-0.39, 0.29) is 25.7 Å². The van der Waals surface area contributed by atoms with Crippen LogP contribution in [0.1, 0.15) is 136 Å². The smallest absolute Gasteiger partial charge is 0.391 e. The first kappa shape index (κ1) is 39.0. The molecule has 0 rings (SSSR count). The van der Waals surface area contributed by atoms with E-state index in [0.717, 1.165) is 64.2 Å². The molecule has 1 amide bonds.